The Morgan fingerprint density at radius 2 is 1.70 bits per heavy atom. The molecule has 202 valence electrons. The first kappa shape index (κ1) is 26.4. The molecule has 0 unspecified atom stereocenters. The highest BCUT2D eigenvalue weighted by Crippen LogP contribution is 2.31. The van der Waals surface area contributed by atoms with Crippen molar-refractivity contribution < 1.29 is 23.8 Å². The zero-order valence-corrected chi connectivity index (χ0v) is 22.2. The van der Waals surface area contributed by atoms with E-state index in [1.165, 1.54) is 24.7 Å². The van der Waals surface area contributed by atoms with Crippen LogP contribution in [0, 0.1) is 0 Å². The summed E-state index contributed by atoms with van der Waals surface area (Å²) in [5.74, 6) is -0.854. The summed E-state index contributed by atoms with van der Waals surface area (Å²) in [6.45, 7) is 1.92. The van der Waals surface area contributed by atoms with Gasteiger partial charge in [0.1, 0.15) is 16.9 Å². The molecule has 0 saturated heterocycles. The predicted octanol–water partition coefficient (Wildman–Crippen LogP) is 3.63. The van der Waals surface area contributed by atoms with E-state index in [0.29, 0.717) is 11.4 Å². The molecule has 0 aliphatic heterocycles. The number of nitrogens with zero attached hydrogens (tertiary/aromatic N) is 4. The Morgan fingerprint density at radius 1 is 0.925 bits per heavy atom. The van der Waals surface area contributed by atoms with Gasteiger partial charge in [-0.1, -0.05) is 42.5 Å². The van der Waals surface area contributed by atoms with Crippen LogP contribution in [-0.4, -0.2) is 46.7 Å². The van der Waals surface area contributed by atoms with Gasteiger partial charge in [0.05, 0.1) is 38.3 Å². The molecule has 0 fully saturated rings. The molecule has 0 N–H and O–H groups in total. The number of hydrogen-bond donors (Lipinski definition) is 0. The van der Waals surface area contributed by atoms with Gasteiger partial charge < -0.3 is 18.8 Å². The van der Waals surface area contributed by atoms with Gasteiger partial charge >= 0.3 is 5.97 Å². The van der Waals surface area contributed by atoms with E-state index in [9.17, 15) is 14.4 Å². The van der Waals surface area contributed by atoms with E-state index in [1.807, 2.05) is 30.3 Å². The number of methoxy groups -OCH3 is 2. The molecule has 10 nitrogen and oxygen atoms in total. The number of aromatic nitrogens is 3. The van der Waals surface area contributed by atoms with Crippen molar-refractivity contribution in [1.29, 1.82) is 0 Å². The van der Waals surface area contributed by atoms with Gasteiger partial charge in [0.15, 0.2) is 17.0 Å². The molecular weight excluding hydrogens is 512 g/mol. The Bertz CT molecular complexity index is 1880. The molecule has 3 heterocycles. The fraction of sp³-hybridized carbons (Fsp3) is 0.167. The maximum absolute atomic E-state index is 13.7. The number of pyridine rings is 2. The van der Waals surface area contributed by atoms with Crippen molar-refractivity contribution in [3.63, 3.8) is 0 Å². The molecule has 0 atom stereocenters. The largest absolute Gasteiger partial charge is 0.493 e. The van der Waals surface area contributed by atoms with E-state index in [1.54, 1.807) is 54.1 Å². The van der Waals surface area contributed by atoms with E-state index in [2.05, 4.69) is 4.99 Å². The quantitative estimate of drug-likeness (QED) is 0.230. The summed E-state index contributed by atoms with van der Waals surface area (Å²) in [4.78, 5) is 49.6. The second-order valence-electron chi connectivity index (χ2n) is 8.71. The maximum atomic E-state index is 13.7. The van der Waals surface area contributed by atoms with E-state index in [4.69, 9.17) is 19.2 Å². The molecule has 10 heteroatoms. The van der Waals surface area contributed by atoms with Gasteiger partial charge in [0, 0.05) is 6.20 Å². The summed E-state index contributed by atoms with van der Waals surface area (Å²) in [6.07, 6.45) is 1.60. The second-order valence-corrected chi connectivity index (χ2v) is 8.71. The first-order valence-electron chi connectivity index (χ1n) is 12.5. The van der Waals surface area contributed by atoms with Gasteiger partial charge in [0.2, 0.25) is 0 Å². The standard InChI is InChI=1S/C30H26N4O6/c1-4-40-30(37)22-17-21-26(31-24-15-8-9-16-33(24)29(21)36)34(18-19-11-6-5-7-12-19)27(22)32-28(35)20-13-10-14-23(38-2)25(20)39-3/h5-17H,4,18H2,1-3H3. The smallest absolute Gasteiger partial charge is 0.341 e. The number of amides is 1. The lowest BCUT2D eigenvalue weighted by Crippen LogP contribution is -2.33. The molecule has 0 spiro atoms. The van der Waals surface area contributed by atoms with Crippen LogP contribution < -0.4 is 20.5 Å². The number of benzene rings is 2. The van der Waals surface area contributed by atoms with Crippen molar-refractivity contribution in [2.24, 2.45) is 4.99 Å². The van der Waals surface area contributed by atoms with Crippen LogP contribution in [-0.2, 0) is 11.3 Å². The lowest BCUT2D eigenvalue weighted by Gasteiger charge is -2.15. The van der Waals surface area contributed by atoms with E-state index in [-0.39, 0.29) is 52.1 Å². The number of fused-ring (bicyclic) bond motifs is 2. The Hall–Kier alpha value is -5.25. The molecule has 0 saturated carbocycles. The van der Waals surface area contributed by atoms with Crippen molar-refractivity contribution in [2.75, 3.05) is 20.8 Å². The van der Waals surface area contributed by atoms with Crippen molar-refractivity contribution >= 4 is 28.6 Å². The highest BCUT2D eigenvalue weighted by atomic mass is 16.5. The van der Waals surface area contributed by atoms with Crippen molar-refractivity contribution in [3.8, 4) is 11.5 Å². The first-order valence-corrected chi connectivity index (χ1v) is 12.5. The number of hydrogen-bond acceptors (Lipinski definition) is 7. The summed E-state index contributed by atoms with van der Waals surface area (Å²) in [5, 5.41) is 0.174. The van der Waals surface area contributed by atoms with E-state index in [0.717, 1.165) is 5.56 Å². The Labute approximate surface area is 228 Å². The normalized spacial score (nSPS) is 11.5. The maximum Gasteiger partial charge on any atom is 0.341 e. The fourth-order valence-corrected chi connectivity index (χ4v) is 4.49. The molecule has 5 aromatic rings. The van der Waals surface area contributed by atoms with Gasteiger partial charge in [0.25, 0.3) is 11.5 Å². The third kappa shape index (κ3) is 4.82. The monoisotopic (exact) mass is 538 g/mol. The van der Waals surface area contributed by atoms with Crippen LogP contribution in [0.1, 0.15) is 33.2 Å². The molecule has 2 aromatic carbocycles. The van der Waals surface area contributed by atoms with Crippen molar-refractivity contribution in [1.82, 2.24) is 14.0 Å². The van der Waals surface area contributed by atoms with Crippen molar-refractivity contribution in [3.05, 3.63) is 112 Å². The fourth-order valence-electron chi connectivity index (χ4n) is 4.49. The summed E-state index contributed by atoms with van der Waals surface area (Å²) in [6, 6.07) is 20.8. The summed E-state index contributed by atoms with van der Waals surface area (Å²) >= 11 is 0. The van der Waals surface area contributed by atoms with Gasteiger partial charge in [-0.2, -0.15) is 4.99 Å². The number of esters is 1. The zero-order chi connectivity index (χ0) is 28.2. The third-order valence-electron chi connectivity index (χ3n) is 6.31. The van der Waals surface area contributed by atoms with Gasteiger partial charge in [-0.05, 0) is 42.8 Å². The number of para-hydroxylation sites is 1. The lowest BCUT2D eigenvalue weighted by molar-refractivity contribution is 0.0523. The Kier molecular flexibility index (Phi) is 7.41. The van der Waals surface area contributed by atoms with Crippen LogP contribution in [0.5, 0.6) is 11.5 Å². The lowest BCUT2D eigenvalue weighted by atomic mass is 10.1. The predicted molar refractivity (Wildman–Crippen MR) is 148 cm³/mol. The second kappa shape index (κ2) is 11.2. The molecule has 0 aliphatic carbocycles. The molecule has 40 heavy (non-hydrogen) atoms. The number of carbonyl (C=O) groups excluding carboxylic acids is 2. The minimum Gasteiger partial charge on any atom is -0.493 e. The molecular formula is C30H26N4O6. The third-order valence-corrected chi connectivity index (χ3v) is 6.31. The number of rotatable bonds is 7. The Morgan fingerprint density at radius 3 is 2.42 bits per heavy atom. The summed E-state index contributed by atoms with van der Waals surface area (Å²) in [7, 11) is 2.89. The average molecular weight is 539 g/mol. The zero-order valence-electron chi connectivity index (χ0n) is 22.2. The molecule has 3 aromatic heterocycles. The molecule has 1 amide bonds. The Balaban J connectivity index is 1.90. The molecule has 0 radical (unpaired) electrons. The van der Waals surface area contributed by atoms with E-state index < -0.39 is 11.9 Å². The minimum atomic E-state index is -0.729. The van der Waals surface area contributed by atoms with Gasteiger partial charge in [-0.25, -0.2) is 9.78 Å². The van der Waals surface area contributed by atoms with Crippen molar-refractivity contribution in [2.45, 2.75) is 13.5 Å². The van der Waals surface area contributed by atoms with Crippen LogP contribution in [0.25, 0.3) is 16.7 Å². The van der Waals surface area contributed by atoms with Crippen LogP contribution in [0.3, 0.4) is 0 Å². The summed E-state index contributed by atoms with van der Waals surface area (Å²) in [5.41, 5.74) is 1.21. The topological polar surface area (TPSA) is 113 Å². The van der Waals surface area contributed by atoms with Crippen LogP contribution in [0.15, 0.2) is 88.8 Å². The number of carbonyl (C=O) groups is 2. The van der Waals surface area contributed by atoms with Gasteiger partial charge in [-0.3, -0.25) is 14.0 Å². The van der Waals surface area contributed by atoms with Crippen LogP contribution in [0.2, 0.25) is 0 Å². The highest BCUT2D eigenvalue weighted by molar-refractivity contribution is 5.99. The van der Waals surface area contributed by atoms with Crippen LogP contribution in [0.4, 0.5) is 0 Å². The highest BCUT2D eigenvalue weighted by Gasteiger charge is 2.22. The molecule has 5 rings (SSSR count). The molecule has 0 bridgehead atoms. The summed E-state index contributed by atoms with van der Waals surface area (Å²) < 4.78 is 19.1. The van der Waals surface area contributed by atoms with Gasteiger partial charge in [-0.15, -0.1) is 0 Å². The number of ether oxygens (including phenoxy) is 3. The average Bonchev–Trinajstić information content (AvgIpc) is 2.98. The van der Waals surface area contributed by atoms with Crippen LogP contribution >= 0.6 is 0 Å². The SMILES string of the molecule is CCOC(=O)c1cc2c(=O)n3ccccc3nc2n(Cc2ccccc2)c1=NC(=O)c1cccc(OC)c1OC. The molecule has 0 aliphatic rings. The van der Waals surface area contributed by atoms with E-state index >= 15 is 0 Å². The minimum absolute atomic E-state index is 0.00291. The first-order chi connectivity index (χ1) is 19.5.